The van der Waals surface area contributed by atoms with Crippen molar-refractivity contribution in [2.45, 2.75) is 20.0 Å². The molecule has 0 bridgehead atoms. The average Bonchev–Trinajstić information content (AvgIpc) is 2.48. The van der Waals surface area contributed by atoms with Crippen LogP contribution in [0.1, 0.15) is 28.4 Å². The largest absolute Gasteiger partial charge is 0.381 e. The van der Waals surface area contributed by atoms with Crippen LogP contribution in [0.15, 0.2) is 12.1 Å². The molecule has 0 saturated carbocycles. The molecule has 13 heavy (non-hydrogen) atoms. The zero-order valence-corrected chi connectivity index (χ0v) is 8.31. The molecular formula is C10H10O2S. The molecule has 2 nitrogen and oxygen atoms in total. The van der Waals surface area contributed by atoms with E-state index in [1.807, 2.05) is 0 Å². The van der Waals surface area contributed by atoms with Gasteiger partial charge in [-0.2, -0.15) is 0 Å². The van der Waals surface area contributed by atoms with Crippen molar-refractivity contribution < 1.29 is 9.90 Å². The van der Waals surface area contributed by atoms with E-state index in [0.29, 0.717) is 4.88 Å². The van der Waals surface area contributed by atoms with Gasteiger partial charge < -0.3 is 5.11 Å². The van der Waals surface area contributed by atoms with Crippen molar-refractivity contribution >= 4 is 17.1 Å². The first-order valence-electron chi connectivity index (χ1n) is 3.90. The van der Waals surface area contributed by atoms with Crippen LogP contribution in [0.3, 0.4) is 0 Å². The maximum atomic E-state index is 10.9. The van der Waals surface area contributed by atoms with Crippen molar-refractivity contribution in [1.29, 1.82) is 0 Å². The van der Waals surface area contributed by atoms with Crippen LogP contribution in [-0.4, -0.2) is 17.0 Å². The van der Waals surface area contributed by atoms with E-state index in [1.54, 1.807) is 19.1 Å². The van der Waals surface area contributed by atoms with Crippen molar-refractivity contribution in [1.82, 2.24) is 0 Å². The normalized spacial score (nSPS) is 11.6. The Balaban J connectivity index is 2.83. The topological polar surface area (TPSA) is 37.3 Å². The Hall–Kier alpha value is -1.11. The van der Waals surface area contributed by atoms with Crippen LogP contribution in [0, 0.1) is 11.8 Å². The summed E-state index contributed by atoms with van der Waals surface area (Å²) in [5.74, 6) is 5.46. The van der Waals surface area contributed by atoms with Crippen LogP contribution >= 0.6 is 11.3 Å². The van der Waals surface area contributed by atoms with Gasteiger partial charge in [0.1, 0.15) is 6.10 Å². The van der Waals surface area contributed by atoms with Gasteiger partial charge in [0.25, 0.3) is 0 Å². The van der Waals surface area contributed by atoms with Crippen molar-refractivity contribution in [3.8, 4) is 11.8 Å². The lowest BCUT2D eigenvalue weighted by Crippen LogP contribution is -1.92. The third-order valence-corrected chi connectivity index (χ3v) is 2.46. The van der Waals surface area contributed by atoms with Gasteiger partial charge in [-0.15, -0.1) is 11.3 Å². The van der Waals surface area contributed by atoms with E-state index >= 15 is 0 Å². The number of carbonyl (C=O) groups is 1. The second-order valence-electron chi connectivity index (χ2n) is 2.67. The molecule has 0 aliphatic heterocycles. The van der Waals surface area contributed by atoms with Gasteiger partial charge in [-0.05, 0) is 26.0 Å². The molecule has 1 heterocycles. The molecule has 0 amide bonds. The van der Waals surface area contributed by atoms with Crippen LogP contribution in [0.25, 0.3) is 0 Å². The highest BCUT2D eigenvalue weighted by molar-refractivity contribution is 7.14. The summed E-state index contributed by atoms with van der Waals surface area (Å²) < 4.78 is 0. The fourth-order valence-electron chi connectivity index (χ4n) is 0.770. The Morgan fingerprint density at radius 1 is 1.62 bits per heavy atom. The molecule has 1 aromatic heterocycles. The summed E-state index contributed by atoms with van der Waals surface area (Å²) in [5, 5.41) is 8.89. The van der Waals surface area contributed by atoms with E-state index in [0.717, 1.165) is 4.88 Å². The zero-order chi connectivity index (χ0) is 9.84. The molecule has 0 aliphatic rings. The summed E-state index contributed by atoms with van der Waals surface area (Å²) in [5.41, 5.74) is 0. The Morgan fingerprint density at radius 2 is 2.31 bits per heavy atom. The lowest BCUT2D eigenvalue weighted by molar-refractivity contribution is 0.102. The van der Waals surface area contributed by atoms with E-state index in [-0.39, 0.29) is 5.78 Å². The number of hydrogen-bond donors (Lipinski definition) is 1. The summed E-state index contributed by atoms with van der Waals surface area (Å²) in [6.07, 6.45) is -0.622. The van der Waals surface area contributed by atoms with E-state index in [2.05, 4.69) is 11.8 Å². The van der Waals surface area contributed by atoms with Crippen molar-refractivity contribution in [3.63, 3.8) is 0 Å². The molecular weight excluding hydrogens is 184 g/mol. The minimum absolute atomic E-state index is 0.0510. The lowest BCUT2D eigenvalue weighted by atomic mass is 10.3. The number of thiophene rings is 1. The van der Waals surface area contributed by atoms with Crippen LogP contribution in [-0.2, 0) is 0 Å². The third-order valence-electron chi connectivity index (χ3n) is 1.36. The van der Waals surface area contributed by atoms with E-state index < -0.39 is 6.10 Å². The SMILES string of the molecule is CC(=O)c1ccc(C#C[C@H](C)O)s1. The standard InChI is InChI=1S/C10H10O2S/c1-7(11)3-4-9-5-6-10(13-9)8(2)12/h5-7,11H,1-2H3/t7-/m0/s1. The van der Waals surface area contributed by atoms with Crippen LogP contribution < -0.4 is 0 Å². The van der Waals surface area contributed by atoms with Gasteiger partial charge >= 0.3 is 0 Å². The Morgan fingerprint density at radius 3 is 2.77 bits per heavy atom. The maximum Gasteiger partial charge on any atom is 0.169 e. The van der Waals surface area contributed by atoms with Crippen LogP contribution in [0.4, 0.5) is 0 Å². The minimum Gasteiger partial charge on any atom is -0.381 e. The number of hydrogen-bond acceptors (Lipinski definition) is 3. The van der Waals surface area contributed by atoms with Crippen LogP contribution in [0.5, 0.6) is 0 Å². The molecule has 0 aromatic carbocycles. The first-order valence-corrected chi connectivity index (χ1v) is 4.71. The second-order valence-corrected chi connectivity index (χ2v) is 3.75. The molecule has 0 spiro atoms. The highest BCUT2D eigenvalue weighted by atomic mass is 32.1. The predicted molar refractivity (Wildman–Crippen MR) is 52.9 cm³/mol. The fraction of sp³-hybridized carbons (Fsp3) is 0.300. The molecule has 1 aromatic rings. The smallest absolute Gasteiger partial charge is 0.169 e. The summed E-state index contributed by atoms with van der Waals surface area (Å²) in [4.78, 5) is 12.4. The Bertz CT molecular complexity index is 366. The zero-order valence-electron chi connectivity index (χ0n) is 7.50. The average molecular weight is 194 g/mol. The monoisotopic (exact) mass is 194 g/mol. The highest BCUT2D eigenvalue weighted by Gasteiger charge is 2.01. The number of ketones is 1. The maximum absolute atomic E-state index is 10.9. The highest BCUT2D eigenvalue weighted by Crippen LogP contribution is 2.15. The number of Topliss-reactive ketones (excluding diaryl/α,β-unsaturated/α-hetero) is 1. The molecule has 1 rings (SSSR count). The van der Waals surface area contributed by atoms with Gasteiger partial charge in [0.05, 0.1) is 9.75 Å². The molecule has 1 N–H and O–H groups in total. The Labute approximate surface area is 81.2 Å². The number of aliphatic hydroxyl groups is 1. The number of aliphatic hydroxyl groups excluding tert-OH is 1. The molecule has 0 saturated heterocycles. The summed E-state index contributed by atoms with van der Waals surface area (Å²) >= 11 is 1.35. The minimum atomic E-state index is -0.622. The number of carbonyl (C=O) groups excluding carboxylic acids is 1. The molecule has 0 unspecified atom stereocenters. The number of rotatable bonds is 1. The van der Waals surface area contributed by atoms with Gasteiger partial charge in [-0.3, -0.25) is 4.79 Å². The third kappa shape index (κ3) is 3.02. The fourth-order valence-corrected chi connectivity index (χ4v) is 1.53. The molecule has 0 radical (unpaired) electrons. The van der Waals surface area contributed by atoms with Gasteiger partial charge in [-0.1, -0.05) is 11.8 Å². The predicted octanol–water partition coefficient (Wildman–Crippen LogP) is 1.68. The van der Waals surface area contributed by atoms with Crippen molar-refractivity contribution in [2.24, 2.45) is 0 Å². The van der Waals surface area contributed by atoms with E-state index in [9.17, 15) is 4.79 Å². The first kappa shape index (κ1) is 9.97. The molecule has 68 valence electrons. The molecule has 3 heteroatoms. The summed E-state index contributed by atoms with van der Waals surface area (Å²) in [6, 6.07) is 3.54. The molecule has 0 aliphatic carbocycles. The van der Waals surface area contributed by atoms with Crippen molar-refractivity contribution in [3.05, 3.63) is 21.9 Å². The molecule has 0 fully saturated rings. The van der Waals surface area contributed by atoms with Gasteiger partial charge in [0.2, 0.25) is 0 Å². The van der Waals surface area contributed by atoms with Gasteiger partial charge in [0.15, 0.2) is 5.78 Å². The van der Waals surface area contributed by atoms with E-state index in [1.165, 1.54) is 18.3 Å². The molecule has 1 atom stereocenters. The quantitative estimate of drug-likeness (QED) is 0.545. The lowest BCUT2D eigenvalue weighted by Gasteiger charge is -1.85. The summed E-state index contributed by atoms with van der Waals surface area (Å²) in [6.45, 7) is 3.13. The Kier molecular flexibility index (Phi) is 3.24. The summed E-state index contributed by atoms with van der Waals surface area (Å²) in [7, 11) is 0. The second kappa shape index (κ2) is 4.22. The van der Waals surface area contributed by atoms with E-state index in [4.69, 9.17) is 5.11 Å². The van der Waals surface area contributed by atoms with Crippen LogP contribution in [0.2, 0.25) is 0 Å². The van der Waals surface area contributed by atoms with Gasteiger partial charge in [-0.25, -0.2) is 0 Å². The van der Waals surface area contributed by atoms with Gasteiger partial charge in [0, 0.05) is 0 Å². The van der Waals surface area contributed by atoms with Crippen molar-refractivity contribution in [2.75, 3.05) is 0 Å². The first-order chi connectivity index (χ1) is 6.09.